The molecule has 0 spiro atoms. The van der Waals surface area contributed by atoms with Gasteiger partial charge in [0, 0.05) is 17.5 Å². The van der Waals surface area contributed by atoms with Crippen LogP contribution in [-0.2, 0) is 19.9 Å². The van der Waals surface area contributed by atoms with Crippen molar-refractivity contribution in [2.75, 3.05) is 24.0 Å². The van der Waals surface area contributed by atoms with Crippen LogP contribution in [-0.4, -0.2) is 52.5 Å². The minimum atomic E-state index is -0.849. The molecule has 1 heterocycles. The second-order valence-electron chi connectivity index (χ2n) is 12.8. The summed E-state index contributed by atoms with van der Waals surface area (Å²) < 4.78 is 7.11. The number of amides is 2. The Bertz CT molecular complexity index is 2060. The number of aromatic nitrogens is 2. The third kappa shape index (κ3) is 7.72. The summed E-state index contributed by atoms with van der Waals surface area (Å²) in [6, 6.07) is 44.8. The first-order valence-electron chi connectivity index (χ1n) is 18.0. The lowest BCUT2D eigenvalue weighted by Crippen LogP contribution is -2.42. The second kappa shape index (κ2) is 17.7. The standard InChI is InChI=1S/C45H44N4O4S/c1-4-18-41(50)49(39-28-17-27-37(42(39)33-19-9-5-10-20-33)43(51)47-38(29-30-54-3)44(52)53-2)40-31-48(32-46-40)45(34-21-11-6-12-22-34,35-23-13-7-14-24-35)36-25-15-8-16-26-36/h5-17,19-28,31-32,38H,4,18,29-30H2,1-3H3,(H,47,51)/t38-/m0/s1. The van der Waals surface area contributed by atoms with Crippen molar-refractivity contribution in [1.82, 2.24) is 14.9 Å². The van der Waals surface area contributed by atoms with Crippen LogP contribution in [0.3, 0.4) is 0 Å². The van der Waals surface area contributed by atoms with E-state index in [1.54, 1.807) is 35.1 Å². The van der Waals surface area contributed by atoms with E-state index in [2.05, 4.69) is 46.3 Å². The van der Waals surface area contributed by atoms with Gasteiger partial charge in [0.25, 0.3) is 5.91 Å². The van der Waals surface area contributed by atoms with E-state index >= 15 is 0 Å². The van der Waals surface area contributed by atoms with Gasteiger partial charge >= 0.3 is 5.97 Å². The van der Waals surface area contributed by atoms with Crippen LogP contribution in [0.1, 0.15) is 53.2 Å². The van der Waals surface area contributed by atoms with E-state index in [0.29, 0.717) is 41.2 Å². The lowest BCUT2D eigenvalue weighted by Gasteiger charge is -2.37. The first kappa shape index (κ1) is 37.8. The maximum atomic E-state index is 14.4. The molecule has 9 heteroatoms. The maximum absolute atomic E-state index is 14.4. The summed E-state index contributed by atoms with van der Waals surface area (Å²) in [5.74, 6) is -0.0718. The molecular formula is C45H44N4O4S. The average Bonchev–Trinajstić information content (AvgIpc) is 3.70. The second-order valence-corrected chi connectivity index (χ2v) is 13.8. The molecule has 2 amide bonds. The third-order valence-corrected chi connectivity index (χ3v) is 10.1. The van der Waals surface area contributed by atoms with Gasteiger partial charge in [-0.2, -0.15) is 11.8 Å². The molecule has 0 aliphatic heterocycles. The molecule has 0 fully saturated rings. The molecule has 0 saturated carbocycles. The number of benzene rings is 5. The van der Waals surface area contributed by atoms with Crippen molar-refractivity contribution in [3.63, 3.8) is 0 Å². The van der Waals surface area contributed by atoms with Crippen LogP contribution in [0, 0.1) is 0 Å². The minimum absolute atomic E-state index is 0.172. The van der Waals surface area contributed by atoms with E-state index in [-0.39, 0.29) is 12.3 Å². The molecule has 0 radical (unpaired) electrons. The fourth-order valence-corrected chi connectivity index (χ4v) is 7.47. The Morgan fingerprint density at radius 1 is 0.796 bits per heavy atom. The van der Waals surface area contributed by atoms with Crippen molar-refractivity contribution in [2.45, 2.75) is 37.8 Å². The molecule has 274 valence electrons. The van der Waals surface area contributed by atoms with Gasteiger partial charge in [0.2, 0.25) is 5.91 Å². The minimum Gasteiger partial charge on any atom is -0.467 e. The highest BCUT2D eigenvalue weighted by molar-refractivity contribution is 7.98. The number of hydrogen-bond donors (Lipinski definition) is 1. The molecule has 1 aromatic heterocycles. The maximum Gasteiger partial charge on any atom is 0.328 e. The fraction of sp³-hybridized carbons (Fsp3) is 0.200. The first-order valence-corrected chi connectivity index (χ1v) is 19.4. The van der Waals surface area contributed by atoms with Crippen LogP contribution in [0.5, 0.6) is 0 Å². The van der Waals surface area contributed by atoms with E-state index < -0.39 is 23.5 Å². The summed E-state index contributed by atoms with van der Waals surface area (Å²) in [5, 5.41) is 2.92. The van der Waals surface area contributed by atoms with Crippen LogP contribution < -0.4 is 10.2 Å². The first-order chi connectivity index (χ1) is 26.4. The largest absolute Gasteiger partial charge is 0.467 e. The number of methoxy groups -OCH3 is 1. The molecule has 0 bridgehead atoms. The topological polar surface area (TPSA) is 93.5 Å². The lowest BCUT2D eigenvalue weighted by molar-refractivity contribution is -0.142. The molecular weight excluding hydrogens is 693 g/mol. The van der Waals surface area contributed by atoms with Gasteiger partial charge in [0.1, 0.15) is 11.6 Å². The highest BCUT2D eigenvalue weighted by Gasteiger charge is 2.39. The number of esters is 1. The molecule has 0 saturated heterocycles. The molecule has 0 unspecified atom stereocenters. The van der Waals surface area contributed by atoms with Crippen molar-refractivity contribution in [2.24, 2.45) is 0 Å². The highest BCUT2D eigenvalue weighted by Crippen LogP contribution is 2.43. The average molecular weight is 737 g/mol. The Kier molecular flexibility index (Phi) is 12.4. The quantitative estimate of drug-likeness (QED) is 0.0837. The lowest BCUT2D eigenvalue weighted by atomic mass is 9.77. The monoisotopic (exact) mass is 736 g/mol. The van der Waals surface area contributed by atoms with Gasteiger partial charge in [0.05, 0.1) is 25.3 Å². The Morgan fingerprint density at radius 2 is 1.35 bits per heavy atom. The molecule has 6 rings (SSSR count). The molecule has 6 aromatic rings. The Labute approximate surface area is 321 Å². The number of hydrogen-bond acceptors (Lipinski definition) is 6. The summed E-state index contributed by atoms with van der Waals surface area (Å²) in [7, 11) is 1.31. The van der Waals surface area contributed by atoms with Gasteiger partial charge in [-0.25, -0.2) is 9.78 Å². The number of anilines is 2. The smallest absolute Gasteiger partial charge is 0.328 e. The normalized spacial score (nSPS) is 11.8. The number of rotatable bonds is 15. The van der Waals surface area contributed by atoms with E-state index in [0.717, 1.165) is 22.3 Å². The molecule has 1 atom stereocenters. The molecule has 54 heavy (non-hydrogen) atoms. The number of nitrogens with zero attached hydrogens (tertiary/aromatic N) is 3. The van der Waals surface area contributed by atoms with E-state index in [1.165, 1.54) is 7.11 Å². The van der Waals surface area contributed by atoms with Gasteiger partial charge in [-0.15, -0.1) is 0 Å². The van der Waals surface area contributed by atoms with Crippen molar-refractivity contribution >= 4 is 41.1 Å². The molecule has 0 aliphatic rings. The zero-order valence-corrected chi connectivity index (χ0v) is 31.5. The zero-order valence-electron chi connectivity index (χ0n) is 30.7. The van der Waals surface area contributed by atoms with Crippen LogP contribution in [0.2, 0.25) is 0 Å². The summed E-state index contributed by atoms with van der Waals surface area (Å²) in [5.41, 5.74) is 4.30. The van der Waals surface area contributed by atoms with Crippen LogP contribution >= 0.6 is 11.8 Å². The highest BCUT2D eigenvalue weighted by atomic mass is 32.2. The summed E-state index contributed by atoms with van der Waals surface area (Å²) in [4.78, 5) is 47.9. The van der Waals surface area contributed by atoms with Crippen molar-refractivity contribution in [3.05, 3.63) is 174 Å². The summed E-state index contributed by atoms with van der Waals surface area (Å²) >= 11 is 1.58. The summed E-state index contributed by atoms with van der Waals surface area (Å²) in [6.07, 6.45) is 6.90. The fourth-order valence-electron chi connectivity index (χ4n) is 6.99. The van der Waals surface area contributed by atoms with Gasteiger partial charge in [-0.1, -0.05) is 134 Å². The molecule has 1 N–H and O–H groups in total. The van der Waals surface area contributed by atoms with E-state index in [4.69, 9.17) is 9.72 Å². The van der Waals surface area contributed by atoms with E-state index in [1.807, 2.05) is 110 Å². The van der Waals surface area contributed by atoms with Gasteiger partial charge in [-0.3, -0.25) is 14.5 Å². The van der Waals surface area contributed by atoms with Gasteiger partial charge < -0.3 is 14.6 Å². The van der Waals surface area contributed by atoms with Crippen molar-refractivity contribution in [1.29, 1.82) is 0 Å². The number of thioether (sulfide) groups is 1. The van der Waals surface area contributed by atoms with Crippen LogP contribution in [0.15, 0.2) is 152 Å². The Morgan fingerprint density at radius 3 is 1.87 bits per heavy atom. The predicted molar refractivity (Wildman–Crippen MR) is 217 cm³/mol. The number of carbonyl (C=O) groups is 3. The molecule has 5 aromatic carbocycles. The van der Waals surface area contributed by atoms with Gasteiger partial charge in [-0.05, 0) is 59.2 Å². The number of carbonyl (C=O) groups excluding carboxylic acids is 3. The van der Waals surface area contributed by atoms with Crippen molar-refractivity contribution in [3.8, 4) is 11.1 Å². The molecule has 8 nitrogen and oxygen atoms in total. The Balaban J connectivity index is 1.56. The Hall–Kier alpha value is -5.93. The van der Waals surface area contributed by atoms with Crippen molar-refractivity contribution < 1.29 is 19.1 Å². The number of ether oxygens (including phenoxy) is 1. The number of imidazole rings is 1. The summed E-state index contributed by atoms with van der Waals surface area (Å²) in [6.45, 7) is 1.96. The SMILES string of the molecule is CCCC(=O)N(c1cn(C(c2ccccc2)(c2ccccc2)c2ccccc2)cn1)c1cccc(C(=O)N[C@@H](CCSC)C(=O)OC)c1-c1ccccc1. The van der Waals surface area contributed by atoms with Crippen LogP contribution in [0.25, 0.3) is 11.1 Å². The third-order valence-electron chi connectivity index (χ3n) is 9.47. The van der Waals surface area contributed by atoms with Crippen LogP contribution in [0.4, 0.5) is 11.5 Å². The zero-order chi connectivity index (χ0) is 37.9. The number of nitrogens with one attached hydrogen (secondary N) is 1. The predicted octanol–water partition coefficient (Wildman–Crippen LogP) is 8.88. The van der Waals surface area contributed by atoms with Gasteiger partial charge in [0.15, 0.2) is 5.82 Å². The van der Waals surface area contributed by atoms with E-state index in [9.17, 15) is 14.4 Å². The molecule has 0 aliphatic carbocycles.